The molecule has 1 aliphatic rings. The predicted octanol–water partition coefficient (Wildman–Crippen LogP) is 2.03. The number of hydrogen-bond donors (Lipinski definition) is 1. The van der Waals surface area contributed by atoms with Crippen LogP contribution in [0.3, 0.4) is 0 Å². The van der Waals surface area contributed by atoms with E-state index in [0.29, 0.717) is 35.9 Å². The highest BCUT2D eigenvalue weighted by Crippen LogP contribution is 2.25. The summed E-state index contributed by atoms with van der Waals surface area (Å²) in [5.41, 5.74) is 7.14. The number of aromatic nitrogens is 2. The van der Waals surface area contributed by atoms with Crippen LogP contribution in [0, 0.1) is 0 Å². The molecule has 1 fully saturated rings. The molecule has 2 aromatic rings. The van der Waals surface area contributed by atoms with Crippen molar-refractivity contribution in [3.05, 3.63) is 35.7 Å². The molecule has 2 N–H and O–H groups in total. The first kappa shape index (κ1) is 14.7. The van der Waals surface area contributed by atoms with E-state index in [1.807, 2.05) is 32.0 Å². The van der Waals surface area contributed by atoms with Gasteiger partial charge in [-0.1, -0.05) is 31.1 Å². The average molecular weight is 300 g/mol. The average Bonchev–Trinajstić information content (AvgIpc) is 3.15. The van der Waals surface area contributed by atoms with Crippen molar-refractivity contribution in [3.8, 4) is 11.5 Å². The van der Waals surface area contributed by atoms with Crippen molar-refractivity contribution in [2.45, 2.75) is 32.2 Å². The second-order valence-electron chi connectivity index (χ2n) is 5.96. The number of likely N-dealkylation sites (tertiary alicyclic amines) is 1. The summed E-state index contributed by atoms with van der Waals surface area (Å²) in [6.07, 6.45) is 0.839. The van der Waals surface area contributed by atoms with Crippen molar-refractivity contribution in [2.75, 3.05) is 13.1 Å². The highest BCUT2D eigenvalue weighted by atomic mass is 16.5. The van der Waals surface area contributed by atoms with Gasteiger partial charge in [-0.3, -0.25) is 4.79 Å². The fourth-order valence-corrected chi connectivity index (χ4v) is 2.58. The predicted molar refractivity (Wildman–Crippen MR) is 82.3 cm³/mol. The second kappa shape index (κ2) is 5.88. The monoisotopic (exact) mass is 300 g/mol. The number of nitrogens with two attached hydrogens (primary N) is 1. The van der Waals surface area contributed by atoms with Gasteiger partial charge in [-0.05, 0) is 18.6 Å². The van der Waals surface area contributed by atoms with Crippen LogP contribution in [0.15, 0.2) is 28.8 Å². The Labute approximate surface area is 129 Å². The van der Waals surface area contributed by atoms with Crippen LogP contribution in [0.1, 0.15) is 42.4 Å². The summed E-state index contributed by atoms with van der Waals surface area (Å²) >= 11 is 0. The molecule has 22 heavy (non-hydrogen) atoms. The Morgan fingerprint density at radius 3 is 2.82 bits per heavy atom. The maximum Gasteiger partial charge on any atom is 0.258 e. The standard InChI is InChI=1S/C16H20N4O2/c1-10(2)14-18-15(22-19-14)12-5-3-4-6-13(12)16(21)20-8-7-11(17)9-20/h3-6,10-11H,7-9,17H2,1-2H3/t11-/m0/s1. The molecule has 0 radical (unpaired) electrons. The summed E-state index contributed by atoms with van der Waals surface area (Å²) in [5.74, 6) is 1.17. The third-order valence-corrected chi connectivity index (χ3v) is 3.86. The van der Waals surface area contributed by atoms with Gasteiger partial charge in [0.25, 0.3) is 11.8 Å². The molecule has 0 saturated carbocycles. The van der Waals surface area contributed by atoms with Gasteiger partial charge in [0.1, 0.15) is 0 Å². The van der Waals surface area contributed by atoms with E-state index in [1.54, 1.807) is 11.0 Å². The van der Waals surface area contributed by atoms with Crippen molar-refractivity contribution >= 4 is 5.91 Å². The summed E-state index contributed by atoms with van der Waals surface area (Å²) in [6, 6.07) is 7.39. The zero-order valence-electron chi connectivity index (χ0n) is 12.8. The molecular weight excluding hydrogens is 280 g/mol. The van der Waals surface area contributed by atoms with Gasteiger partial charge in [-0.2, -0.15) is 4.98 Å². The third-order valence-electron chi connectivity index (χ3n) is 3.86. The first-order valence-corrected chi connectivity index (χ1v) is 7.54. The number of rotatable bonds is 3. The van der Waals surface area contributed by atoms with E-state index in [1.165, 1.54) is 0 Å². The topological polar surface area (TPSA) is 85.2 Å². The highest BCUT2D eigenvalue weighted by Gasteiger charge is 2.27. The molecule has 2 heterocycles. The molecule has 6 nitrogen and oxygen atoms in total. The van der Waals surface area contributed by atoms with Crippen LogP contribution in [-0.2, 0) is 0 Å². The van der Waals surface area contributed by atoms with Crippen LogP contribution in [-0.4, -0.2) is 40.1 Å². The largest absolute Gasteiger partial charge is 0.337 e. The fourth-order valence-electron chi connectivity index (χ4n) is 2.58. The van der Waals surface area contributed by atoms with Crippen molar-refractivity contribution < 1.29 is 9.32 Å². The van der Waals surface area contributed by atoms with E-state index in [4.69, 9.17) is 10.3 Å². The van der Waals surface area contributed by atoms with E-state index in [2.05, 4.69) is 10.1 Å². The van der Waals surface area contributed by atoms with Gasteiger partial charge in [0, 0.05) is 25.0 Å². The highest BCUT2D eigenvalue weighted by molar-refractivity contribution is 6.00. The molecule has 1 aromatic carbocycles. The molecule has 0 aliphatic carbocycles. The molecular formula is C16H20N4O2. The molecule has 1 aliphatic heterocycles. The third kappa shape index (κ3) is 2.74. The number of carbonyl (C=O) groups excluding carboxylic acids is 1. The number of carbonyl (C=O) groups is 1. The van der Waals surface area contributed by atoms with E-state index in [0.717, 1.165) is 6.42 Å². The van der Waals surface area contributed by atoms with Gasteiger partial charge in [0.2, 0.25) is 0 Å². The maximum absolute atomic E-state index is 12.7. The van der Waals surface area contributed by atoms with Gasteiger partial charge >= 0.3 is 0 Å². The Morgan fingerprint density at radius 2 is 2.18 bits per heavy atom. The Morgan fingerprint density at radius 1 is 1.41 bits per heavy atom. The van der Waals surface area contributed by atoms with Crippen LogP contribution in [0.25, 0.3) is 11.5 Å². The summed E-state index contributed by atoms with van der Waals surface area (Å²) in [6.45, 7) is 5.28. The van der Waals surface area contributed by atoms with Crippen molar-refractivity contribution in [1.82, 2.24) is 15.0 Å². The van der Waals surface area contributed by atoms with E-state index < -0.39 is 0 Å². The minimum Gasteiger partial charge on any atom is -0.337 e. The Bertz CT molecular complexity index is 680. The van der Waals surface area contributed by atoms with Gasteiger partial charge in [0.05, 0.1) is 11.1 Å². The minimum absolute atomic E-state index is 0.0344. The van der Waals surface area contributed by atoms with Crippen molar-refractivity contribution in [2.24, 2.45) is 5.73 Å². The van der Waals surface area contributed by atoms with Gasteiger partial charge < -0.3 is 15.2 Å². The Hall–Kier alpha value is -2.21. The summed E-state index contributed by atoms with van der Waals surface area (Å²) < 4.78 is 5.33. The zero-order valence-corrected chi connectivity index (χ0v) is 12.8. The number of amides is 1. The van der Waals surface area contributed by atoms with Crippen molar-refractivity contribution in [3.63, 3.8) is 0 Å². The van der Waals surface area contributed by atoms with Gasteiger partial charge in [0.15, 0.2) is 5.82 Å². The molecule has 3 rings (SSSR count). The van der Waals surface area contributed by atoms with Crippen molar-refractivity contribution in [1.29, 1.82) is 0 Å². The van der Waals surface area contributed by atoms with Crippen LogP contribution in [0.2, 0.25) is 0 Å². The van der Waals surface area contributed by atoms with Crippen LogP contribution >= 0.6 is 0 Å². The zero-order chi connectivity index (χ0) is 15.7. The van der Waals surface area contributed by atoms with Crippen LogP contribution in [0.4, 0.5) is 0 Å². The molecule has 1 amide bonds. The molecule has 6 heteroatoms. The number of hydrogen-bond acceptors (Lipinski definition) is 5. The lowest BCUT2D eigenvalue weighted by atomic mass is 10.1. The fraction of sp³-hybridized carbons (Fsp3) is 0.438. The lowest BCUT2D eigenvalue weighted by Crippen LogP contribution is -2.32. The molecule has 0 unspecified atom stereocenters. The van der Waals surface area contributed by atoms with Gasteiger partial charge in [-0.15, -0.1) is 0 Å². The quantitative estimate of drug-likeness (QED) is 0.937. The summed E-state index contributed by atoms with van der Waals surface area (Å²) in [4.78, 5) is 18.9. The molecule has 0 bridgehead atoms. The van der Waals surface area contributed by atoms with E-state index >= 15 is 0 Å². The van der Waals surface area contributed by atoms with E-state index in [-0.39, 0.29) is 17.9 Å². The normalized spacial score (nSPS) is 18.2. The Balaban J connectivity index is 1.94. The smallest absolute Gasteiger partial charge is 0.258 e. The Kier molecular flexibility index (Phi) is 3.94. The first-order valence-electron chi connectivity index (χ1n) is 7.54. The maximum atomic E-state index is 12.7. The van der Waals surface area contributed by atoms with Crippen LogP contribution in [0.5, 0.6) is 0 Å². The second-order valence-corrected chi connectivity index (χ2v) is 5.96. The number of benzene rings is 1. The van der Waals surface area contributed by atoms with E-state index in [9.17, 15) is 4.79 Å². The lowest BCUT2D eigenvalue weighted by Gasteiger charge is -2.17. The minimum atomic E-state index is -0.0344. The lowest BCUT2D eigenvalue weighted by molar-refractivity contribution is 0.0791. The number of nitrogens with zero attached hydrogens (tertiary/aromatic N) is 3. The van der Waals surface area contributed by atoms with Crippen LogP contribution < -0.4 is 5.73 Å². The summed E-state index contributed by atoms with van der Waals surface area (Å²) in [7, 11) is 0. The molecule has 1 atom stereocenters. The first-order chi connectivity index (χ1) is 10.6. The molecule has 1 aromatic heterocycles. The van der Waals surface area contributed by atoms with Gasteiger partial charge in [-0.25, -0.2) is 0 Å². The SMILES string of the molecule is CC(C)c1noc(-c2ccccc2C(=O)N2CC[C@H](N)C2)n1. The molecule has 0 spiro atoms. The molecule has 116 valence electrons. The molecule has 1 saturated heterocycles. The summed E-state index contributed by atoms with van der Waals surface area (Å²) in [5, 5.41) is 3.97.